The molecule has 0 N–H and O–H groups in total. The Morgan fingerprint density at radius 1 is 1.00 bits per heavy atom. The van der Waals surface area contributed by atoms with E-state index in [9.17, 15) is 14.4 Å². The second kappa shape index (κ2) is 12.3. The van der Waals surface area contributed by atoms with E-state index in [4.69, 9.17) is 16.7 Å². The van der Waals surface area contributed by atoms with Crippen LogP contribution in [0.1, 0.15) is 67.7 Å². The number of nitrogens with zero attached hydrogens (tertiary/aromatic N) is 4. The number of para-hydroxylation sites is 1. The topological polar surface area (TPSA) is 77.2 Å². The smallest absolute Gasteiger partial charge is 0.265 e. The van der Waals surface area contributed by atoms with Crippen LogP contribution in [0.2, 0.25) is 5.02 Å². The van der Waals surface area contributed by atoms with Gasteiger partial charge in [-0.15, -0.1) is 0 Å². The molecule has 8 heteroatoms. The maximum Gasteiger partial charge on any atom is 0.265 e. The van der Waals surface area contributed by atoms with Gasteiger partial charge in [-0.25, -0.2) is 4.68 Å². The Bertz CT molecular complexity index is 1720. The Balaban J connectivity index is 1.82. The molecule has 216 valence electrons. The van der Waals surface area contributed by atoms with Crippen molar-refractivity contribution >= 4 is 29.4 Å². The van der Waals surface area contributed by atoms with Gasteiger partial charge in [-0.2, -0.15) is 5.10 Å². The first-order chi connectivity index (χ1) is 20.2. The summed E-state index contributed by atoms with van der Waals surface area (Å²) in [5.41, 5.74) is 5.93. The third kappa shape index (κ3) is 5.74. The van der Waals surface area contributed by atoms with Gasteiger partial charge in [0.05, 0.1) is 40.4 Å². The summed E-state index contributed by atoms with van der Waals surface area (Å²) >= 11 is 6.08. The lowest BCUT2D eigenvalue weighted by Gasteiger charge is -2.28. The van der Waals surface area contributed by atoms with Crippen LogP contribution < -0.4 is 5.56 Å². The van der Waals surface area contributed by atoms with E-state index >= 15 is 0 Å². The fourth-order valence-electron chi connectivity index (χ4n) is 5.51. The quantitative estimate of drug-likeness (QED) is 0.243. The van der Waals surface area contributed by atoms with Crippen molar-refractivity contribution in [2.24, 2.45) is 0 Å². The van der Waals surface area contributed by atoms with Gasteiger partial charge in [0, 0.05) is 24.2 Å². The highest BCUT2D eigenvalue weighted by Crippen LogP contribution is 2.29. The number of pyridine rings is 1. The van der Waals surface area contributed by atoms with E-state index < -0.39 is 0 Å². The number of carbonyl (C=O) groups excluding carboxylic acids is 2. The van der Waals surface area contributed by atoms with Crippen LogP contribution in [0.4, 0.5) is 0 Å². The molecule has 0 radical (unpaired) electrons. The van der Waals surface area contributed by atoms with E-state index in [2.05, 4.69) is 13.8 Å². The van der Waals surface area contributed by atoms with E-state index in [1.54, 1.807) is 44.6 Å². The fraction of sp³-hybridized carbons (Fsp3) is 0.294. The van der Waals surface area contributed by atoms with Gasteiger partial charge < -0.3 is 4.90 Å². The molecule has 5 rings (SSSR count). The first-order valence-corrected chi connectivity index (χ1v) is 14.8. The largest absolute Gasteiger partial charge is 0.331 e. The number of hydrogen-bond donors (Lipinski definition) is 0. The number of amides is 1. The van der Waals surface area contributed by atoms with Crippen LogP contribution in [0.5, 0.6) is 0 Å². The van der Waals surface area contributed by atoms with E-state index in [-0.39, 0.29) is 23.8 Å². The monoisotopic (exact) mass is 582 g/mol. The molecular weight excluding hydrogens is 548 g/mol. The maximum absolute atomic E-state index is 14.6. The van der Waals surface area contributed by atoms with Crippen LogP contribution in [0.15, 0.2) is 71.2 Å². The molecule has 2 aromatic heterocycles. The molecular formula is C34H35ClN4O3. The number of hydrogen-bond acceptors (Lipinski definition) is 4. The van der Waals surface area contributed by atoms with E-state index in [1.165, 1.54) is 0 Å². The molecule has 0 bridgehead atoms. The number of ketones is 1. The highest BCUT2D eigenvalue weighted by atomic mass is 35.5. The van der Waals surface area contributed by atoms with Gasteiger partial charge in [0.2, 0.25) is 0 Å². The molecule has 1 saturated heterocycles. The van der Waals surface area contributed by atoms with Crippen molar-refractivity contribution in [1.29, 1.82) is 0 Å². The zero-order valence-electron chi connectivity index (χ0n) is 24.5. The summed E-state index contributed by atoms with van der Waals surface area (Å²) in [6.45, 7) is 8.58. The Labute approximate surface area is 251 Å². The summed E-state index contributed by atoms with van der Waals surface area (Å²) in [5.74, 6) is -0.229. The van der Waals surface area contributed by atoms with E-state index in [1.807, 2.05) is 50.3 Å². The average molecular weight is 583 g/mol. The molecule has 0 aliphatic carbocycles. The number of aromatic nitrogens is 3. The van der Waals surface area contributed by atoms with Crippen LogP contribution in [0.3, 0.4) is 0 Å². The molecule has 2 aromatic carbocycles. The summed E-state index contributed by atoms with van der Waals surface area (Å²) in [4.78, 5) is 42.7. The second-order valence-corrected chi connectivity index (χ2v) is 11.3. The van der Waals surface area contributed by atoms with Crippen LogP contribution in [0.25, 0.3) is 28.7 Å². The number of aryl methyl sites for hydroxylation is 2. The van der Waals surface area contributed by atoms with Crippen molar-refractivity contribution < 1.29 is 9.59 Å². The highest BCUT2D eigenvalue weighted by Gasteiger charge is 2.29. The van der Waals surface area contributed by atoms with Gasteiger partial charge in [-0.3, -0.25) is 19.0 Å². The lowest BCUT2D eigenvalue weighted by Crippen LogP contribution is -2.41. The van der Waals surface area contributed by atoms with Crippen molar-refractivity contribution in [2.75, 3.05) is 13.1 Å². The Morgan fingerprint density at radius 3 is 2.31 bits per heavy atom. The lowest BCUT2D eigenvalue weighted by molar-refractivity contribution is -0.121. The van der Waals surface area contributed by atoms with Crippen molar-refractivity contribution in [2.45, 2.75) is 53.4 Å². The number of likely N-dealkylation sites (tertiary alicyclic amines) is 1. The van der Waals surface area contributed by atoms with Crippen molar-refractivity contribution in [3.8, 4) is 22.6 Å². The number of rotatable bonds is 7. The Kier molecular flexibility index (Phi) is 8.59. The molecule has 1 aliphatic heterocycles. The van der Waals surface area contributed by atoms with Crippen LogP contribution in [-0.2, 0) is 17.6 Å². The number of allylic oxidation sites excluding steroid dienone is 1. The van der Waals surface area contributed by atoms with Gasteiger partial charge in [0.1, 0.15) is 0 Å². The third-order valence-electron chi connectivity index (χ3n) is 7.58. The molecule has 0 saturated carbocycles. The summed E-state index contributed by atoms with van der Waals surface area (Å²) in [7, 11) is 0. The number of Topliss-reactive ketones (excluding diaryl/α,β-unsaturated/α-hetero) is 1. The van der Waals surface area contributed by atoms with Crippen molar-refractivity contribution in [3.05, 3.63) is 104 Å². The molecule has 1 amide bonds. The second-order valence-electron chi connectivity index (χ2n) is 10.8. The molecule has 1 aliphatic rings. The summed E-state index contributed by atoms with van der Waals surface area (Å²) < 4.78 is 3.38. The van der Waals surface area contributed by atoms with Gasteiger partial charge in [-0.05, 0) is 86.7 Å². The summed E-state index contributed by atoms with van der Waals surface area (Å²) in [6.07, 6.45) is 6.20. The Morgan fingerprint density at radius 2 is 1.69 bits per heavy atom. The van der Waals surface area contributed by atoms with Crippen LogP contribution in [-0.4, -0.2) is 44.0 Å². The predicted octanol–water partition coefficient (Wildman–Crippen LogP) is 6.70. The molecule has 0 spiro atoms. The Hall–Kier alpha value is -4.23. The number of piperidine rings is 1. The van der Waals surface area contributed by atoms with Crippen LogP contribution in [0, 0.1) is 0 Å². The standard InChI is InChI=1S/C34H35ClN4O3/c1-5-23-9-7-10-24(6-2)32(23)39-31(19-22(3)4)29(33(41)37-17-8-11-27(40)21-37)20-28(34(39)42)30-16-18-38(36-30)26-14-12-25(35)13-15-26/h7,9-10,12-16,18-20H,5-6,8,11,17,21H2,1-4H3. The maximum atomic E-state index is 14.6. The van der Waals surface area contributed by atoms with Gasteiger partial charge in [0.25, 0.3) is 11.5 Å². The fourth-order valence-corrected chi connectivity index (χ4v) is 5.64. The zero-order valence-corrected chi connectivity index (χ0v) is 25.2. The van der Waals surface area contributed by atoms with E-state index in [0.717, 1.165) is 28.1 Å². The number of carbonyl (C=O) groups is 2. The molecule has 4 aromatic rings. The SMILES string of the molecule is CCc1cccc(CC)c1-n1c(C=C(C)C)c(C(=O)N2CCCC(=O)C2)cc(-c2ccn(-c3ccc(Cl)cc3)n2)c1=O. The molecule has 1 fully saturated rings. The summed E-state index contributed by atoms with van der Waals surface area (Å²) in [6, 6.07) is 16.8. The first-order valence-electron chi connectivity index (χ1n) is 14.4. The normalized spacial score (nSPS) is 13.4. The van der Waals surface area contributed by atoms with Crippen LogP contribution >= 0.6 is 11.6 Å². The molecule has 3 heterocycles. The van der Waals surface area contributed by atoms with Crippen molar-refractivity contribution in [1.82, 2.24) is 19.2 Å². The number of halogens is 1. The molecule has 7 nitrogen and oxygen atoms in total. The lowest BCUT2D eigenvalue weighted by atomic mass is 9.98. The van der Waals surface area contributed by atoms with E-state index in [0.29, 0.717) is 59.8 Å². The molecule has 42 heavy (non-hydrogen) atoms. The molecule has 0 atom stereocenters. The first kappa shape index (κ1) is 29.3. The average Bonchev–Trinajstić information content (AvgIpc) is 3.47. The minimum Gasteiger partial charge on any atom is -0.331 e. The van der Waals surface area contributed by atoms with Crippen molar-refractivity contribution in [3.63, 3.8) is 0 Å². The van der Waals surface area contributed by atoms with Gasteiger partial charge in [-0.1, -0.05) is 49.2 Å². The summed E-state index contributed by atoms with van der Waals surface area (Å²) in [5, 5.41) is 5.36. The number of benzene rings is 2. The molecule has 0 unspecified atom stereocenters. The zero-order chi connectivity index (χ0) is 30.0. The predicted molar refractivity (Wildman–Crippen MR) is 168 cm³/mol. The van der Waals surface area contributed by atoms with Gasteiger partial charge in [0.15, 0.2) is 5.78 Å². The highest BCUT2D eigenvalue weighted by molar-refractivity contribution is 6.30. The minimum atomic E-state index is -0.269. The third-order valence-corrected chi connectivity index (χ3v) is 7.83. The minimum absolute atomic E-state index is 0.0400. The van der Waals surface area contributed by atoms with Gasteiger partial charge >= 0.3 is 0 Å².